The molecule has 20 heavy (non-hydrogen) atoms. The third kappa shape index (κ3) is 3.20. The van der Waals surface area contributed by atoms with E-state index in [-0.39, 0.29) is 5.91 Å². The van der Waals surface area contributed by atoms with Crippen molar-refractivity contribution < 1.29 is 9.53 Å². The maximum Gasteiger partial charge on any atom is 0.254 e. The van der Waals surface area contributed by atoms with E-state index in [1.807, 2.05) is 30.0 Å². The second-order valence-electron chi connectivity index (χ2n) is 5.05. The molecule has 0 aliphatic carbocycles. The molecule has 2 rings (SSSR count). The summed E-state index contributed by atoms with van der Waals surface area (Å²) in [6, 6.07) is 5.68. The number of amides is 1. The van der Waals surface area contributed by atoms with Crippen LogP contribution in [0.25, 0.3) is 0 Å². The van der Waals surface area contributed by atoms with Gasteiger partial charge in [-0.2, -0.15) is 0 Å². The zero-order valence-corrected chi connectivity index (χ0v) is 12.0. The van der Waals surface area contributed by atoms with Crippen molar-refractivity contribution in [1.82, 2.24) is 4.90 Å². The molecule has 2 N–H and O–H groups in total. The second-order valence-corrected chi connectivity index (χ2v) is 5.05. The van der Waals surface area contributed by atoms with Crippen LogP contribution in [0, 0.1) is 0 Å². The monoisotopic (exact) mass is 274 g/mol. The third-order valence-corrected chi connectivity index (χ3v) is 3.58. The van der Waals surface area contributed by atoms with Crippen LogP contribution in [0.2, 0.25) is 0 Å². The molecule has 108 valence electrons. The number of benzene rings is 1. The van der Waals surface area contributed by atoms with Gasteiger partial charge in [-0.05, 0) is 49.1 Å². The molecule has 0 unspecified atom stereocenters. The fraction of sp³-hybridized carbons (Fsp3) is 0.438. The Morgan fingerprint density at radius 1 is 1.50 bits per heavy atom. The molecule has 1 amide bonds. The van der Waals surface area contributed by atoms with Crippen molar-refractivity contribution in [2.45, 2.75) is 19.8 Å². The van der Waals surface area contributed by atoms with Gasteiger partial charge >= 0.3 is 0 Å². The van der Waals surface area contributed by atoms with Gasteiger partial charge in [0.2, 0.25) is 0 Å². The lowest BCUT2D eigenvalue weighted by atomic mass is 10.0. The summed E-state index contributed by atoms with van der Waals surface area (Å²) in [7, 11) is 0. The standard InChI is InChI=1S/C16H22N2O2/c1-3-18-8-4-5-13-9-14(20-11-12(2)10-17)6-7-15(13)16(18)19/h6-7,9H,2-5,8,10-11,17H2,1H3. The Morgan fingerprint density at radius 2 is 2.30 bits per heavy atom. The maximum absolute atomic E-state index is 12.3. The summed E-state index contributed by atoms with van der Waals surface area (Å²) in [5.74, 6) is 0.897. The predicted molar refractivity (Wildman–Crippen MR) is 80.0 cm³/mol. The van der Waals surface area contributed by atoms with Crippen molar-refractivity contribution in [3.05, 3.63) is 41.5 Å². The Balaban J connectivity index is 2.17. The molecule has 0 saturated heterocycles. The van der Waals surface area contributed by atoms with E-state index in [1.165, 1.54) is 0 Å². The number of rotatable bonds is 5. The Hall–Kier alpha value is -1.81. The molecule has 4 heteroatoms. The van der Waals surface area contributed by atoms with Gasteiger partial charge in [-0.15, -0.1) is 0 Å². The van der Waals surface area contributed by atoms with Gasteiger partial charge in [0, 0.05) is 25.2 Å². The van der Waals surface area contributed by atoms with Crippen LogP contribution in [-0.4, -0.2) is 37.0 Å². The van der Waals surface area contributed by atoms with Crippen molar-refractivity contribution in [3.63, 3.8) is 0 Å². The topological polar surface area (TPSA) is 55.6 Å². The van der Waals surface area contributed by atoms with Gasteiger partial charge < -0.3 is 15.4 Å². The molecule has 0 bridgehead atoms. The molecule has 0 atom stereocenters. The first-order chi connectivity index (χ1) is 9.65. The summed E-state index contributed by atoms with van der Waals surface area (Å²) >= 11 is 0. The van der Waals surface area contributed by atoms with Crippen molar-refractivity contribution in [2.24, 2.45) is 5.73 Å². The van der Waals surface area contributed by atoms with E-state index in [0.29, 0.717) is 13.2 Å². The summed E-state index contributed by atoms with van der Waals surface area (Å²) < 4.78 is 5.65. The largest absolute Gasteiger partial charge is 0.489 e. The summed E-state index contributed by atoms with van der Waals surface area (Å²) in [6.45, 7) is 8.25. The summed E-state index contributed by atoms with van der Waals surface area (Å²) in [5.41, 5.74) is 8.21. The van der Waals surface area contributed by atoms with E-state index in [9.17, 15) is 4.79 Å². The third-order valence-electron chi connectivity index (χ3n) is 3.58. The fourth-order valence-electron chi connectivity index (χ4n) is 2.35. The number of carbonyl (C=O) groups is 1. The smallest absolute Gasteiger partial charge is 0.254 e. The minimum absolute atomic E-state index is 0.123. The number of hydrogen-bond acceptors (Lipinski definition) is 3. The highest BCUT2D eigenvalue weighted by molar-refractivity contribution is 5.96. The molecule has 1 aliphatic rings. The van der Waals surface area contributed by atoms with Gasteiger partial charge in [-0.25, -0.2) is 0 Å². The zero-order chi connectivity index (χ0) is 14.5. The molecular formula is C16H22N2O2. The van der Waals surface area contributed by atoms with Gasteiger partial charge in [0.05, 0.1) is 0 Å². The summed E-state index contributed by atoms with van der Waals surface area (Å²) in [5, 5.41) is 0. The first-order valence-electron chi connectivity index (χ1n) is 7.07. The van der Waals surface area contributed by atoms with Gasteiger partial charge in [0.25, 0.3) is 5.91 Å². The maximum atomic E-state index is 12.3. The number of nitrogens with two attached hydrogens (primary N) is 1. The fourth-order valence-corrected chi connectivity index (χ4v) is 2.35. The van der Waals surface area contributed by atoms with Crippen LogP contribution < -0.4 is 10.5 Å². The zero-order valence-electron chi connectivity index (χ0n) is 12.0. The van der Waals surface area contributed by atoms with Crippen LogP contribution in [0.4, 0.5) is 0 Å². The minimum Gasteiger partial charge on any atom is -0.489 e. The summed E-state index contributed by atoms with van der Waals surface area (Å²) in [6.07, 6.45) is 1.90. The van der Waals surface area contributed by atoms with Crippen LogP contribution in [0.5, 0.6) is 5.75 Å². The number of ether oxygens (including phenoxy) is 1. The predicted octanol–water partition coefficient (Wildman–Crippen LogP) is 1.99. The van der Waals surface area contributed by atoms with Crippen LogP contribution in [-0.2, 0) is 6.42 Å². The highest BCUT2D eigenvalue weighted by Crippen LogP contribution is 2.23. The summed E-state index contributed by atoms with van der Waals surface area (Å²) in [4.78, 5) is 14.2. The molecule has 4 nitrogen and oxygen atoms in total. The highest BCUT2D eigenvalue weighted by atomic mass is 16.5. The number of fused-ring (bicyclic) bond motifs is 1. The first-order valence-corrected chi connectivity index (χ1v) is 7.07. The molecule has 0 spiro atoms. The Bertz CT molecular complexity index is 511. The SMILES string of the molecule is C=C(CN)COc1ccc2c(c1)CCCN(CC)C2=O. The average Bonchev–Trinajstić information content (AvgIpc) is 2.63. The van der Waals surface area contributed by atoms with Crippen LogP contribution >= 0.6 is 0 Å². The van der Waals surface area contributed by atoms with E-state index >= 15 is 0 Å². The van der Waals surface area contributed by atoms with Crippen LogP contribution in [0.1, 0.15) is 29.3 Å². The van der Waals surface area contributed by atoms with Gasteiger partial charge in [-0.1, -0.05) is 6.58 Å². The number of aryl methyl sites for hydroxylation is 1. The van der Waals surface area contributed by atoms with E-state index in [0.717, 1.165) is 48.4 Å². The molecular weight excluding hydrogens is 252 g/mol. The van der Waals surface area contributed by atoms with E-state index < -0.39 is 0 Å². The van der Waals surface area contributed by atoms with E-state index in [1.54, 1.807) is 0 Å². The minimum atomic E-state index is 0.123. The molecule has 0 saturated carbocycles. The number of hydrogen-bond donors (Lipinski definition) is 1. The average molecular weight is 274 g/mol. The van der Waals surface area contributed by atoms with Crippen molar-refractivity contribution >= 4 is 5.91 Å². The molecule has 1 aromatic rings. The Morgan fingerprint density at radius 3 is 3.00 bits per heavy atom. The van der Waals surface area contributed by atoms with Crippen LogP contribution in [0.3, 0.4) is 0 Å². The lowest BCUT2D eigenvalue weighted by Crippen LogP contribution is -2.30. The Labute approximate surface area is 120 Å². The first kappa shape index (κ1) is 14.6. The molecule has 0 aromatic heterocycles. The van der Waals surface area contributed by atoms with E-state index in [4.69, 9.17) is 10.5 Å². The van der Waals surface area contributed by atoms with Gasteiger partial charge in [0.1, 0.15) is 12.4 Å². The normalized spacial score (nSPS) is 14.7. The van der Waals surface area contributed by atoms with Gasteiger partial charge in [0.15, 0.2) is 0 Å². The van der Waals surface area contributed by atoms with Crippen molar-refractivity contribution in [2.75, 3.05) is 26.2 Å². The second kappa shape index (κ2) is 6.57. The number of nitrogens with zero attached hydrogens (tertiary/aromatic N) is 1. The van der Waals surface area contributed by atoms with Crippen molar-refractivity contribution in [3.8, 4) is 5.75 Å². The number of carbonyl (C=O) groups excluding carboxylic acids is 1. The Kier molecular flexibility index (Phi) is 4.79. The lowest BCUT2D eigenvalue weighted by molar-refractivity contribution is 0.0770. The molecule has 0 fully saturated rings. The molecule has 0 radical (unpaired) electrons. The van der Waals surface area contributed by atoms with Gasteiger partial charge in [-0.3, -0.25) is 4.79 Å². The lowest BCUT2D eigenvalue weighted by Gasteiger charge is -2.18. The van der Waals surface area contributed by atoms with Crippen LogP contribution in [0.15, 0.2) is 30.4 Å². The highest BCUT2D eigenvalue weighted by Gasteiger charge is 2.21. The van der Waals surface area contributed by atoms with Crippen molar-refractivity contribution in [1.29, 1.82) is 0 Å². The molecule has 1 aliphatic heterocycles. The quantitative estimate of drug-likeness (QED) is 0.835. The van der Waals surface area contributed by atoms with E-state index in [2.05, 4.69) is 6.58 Å². The molecule has 1 aromatic carbocycles. The molecule has 1 heterocycles.